The van der Waals surface area contributed by atoms with Gasteiger partial charge in [0.15, 0.2) is 0 Å². The zero-order chi connectivity index (χ0) is 27.5. The Morgan fingerprint density at radius 2 is 2.13 bits per heavy atom. The molecule has 1 fully saturated rings. The largest absolute Gasteiger partial charge is 0.489 e. The van der Waals surface area contributed by atoms with Gasteiger partial charge in [-0.25, -0.2) is 4.79 Å². The van der Waals surface area contributed by atoms with Crippen LogP contribution in [0.5, 0.6) is 5.75 Å². The van der Waals surface area contributed by atoms with Crippen LogP contribution in [0.3, 0.4) is 0 Å². The van der Waals surface area contributed by atoms with Crippen molar-refractivity contribution in [1.82, 2.24) is 15.1 Å². The molecule has 0 bridgehead atoms. The molecule has 38 heavy (non-hydrogen) atoms. The molecule has 1 amide bonds. The lowest BCUT2D eigenvalue weighted by atomic mass is 10.0. The number of amides is 1. The van der Waals surface area contributed by atoms with E-state index in [9.17, 15) is 9.59 Å². The first-order valence-corrected chi connectivity index (χ1v) is 14.2. The van der Waals surface area contributed by atoms with Crippen LogP contribution in [0, 0.1) is 0 Å². The van der Waals surface area contributed by atoms with Crippen LogP contribution in [-0.2, 0) is 9.63 Å². The van der Waals surface area contributed by atoms with Gasteiger partial charge in [0.05, 0.1) is 12.1 Å². The smallest absolute Gasteiger partial charge is 0.339 e. The third-order valence-electron chi connectivity index (χ3n) is 6.50. The first-order valence-electron chi connectivity index (χ1n) is 13.2. The Hall–Kier alpha value is -2.63. The number of piperazine rings is 1. The van der Waals surface area contributed by atoms with Crippen LogP contribution in [-0.4, -0.2) is 90.7 Å². The third kappa shape index (κ3) is 8.71. The number of carbonyl (C=O) groups is 1. The van der Waals surface area contributed by atoms with Gasteiger partial charge < -0.3 is 29.1 Å². The number of rotatable bonds is 14. The Bertz CT molecular complexity index is 1070. The predicted molar refractivity (Wildman–Crippen MR) is 152 cm³/mol. The van der Waals surface area contributed by atoms with E-state index in [1.54, 1.807) is 19.1 Å². The zero-order valence-corrected chi connectivity index (χ0v) is 23.8. The highest BCUT2D eigenvalue weighted by molar-refractivity contribution is 8.16. The molecule has 11 heteroatoms. The first-order chi connectivity index (χ1) is 18.2. The number of nitrogens with zero attached hydrogens (tertiary/aromatic N) is 4. The number of hydrogen-bond acceptors (Lipinski definition) is 10. The van der Waals surface area contributed by atoms with E-state index in [4.69, 9.17) is 19.0 Å². The summed E-state index contributed by atoms with van der Waals surface area (Å²) >= 11 is 1.49. The van der Waals surface area contributed by atoms with Crippen LogP contribution in [0.4, 0.5) is 0 Å². The summed E-state index contributed by atoms with van der Waals surface area (Å²) in [6.07, 6.45) is 3.89. The van der Waals surface area contributed by atoms with Gasteiger partial charge in [-0.2, -0.15) is 0 Å². The van der Waals surface area contributed by atoms with Gasteiger partial charge in [0.2, 0.25) is 5.91 Å². The van der Waals surface area contributed by atoms with Crippen molar-refractivity contribution in [2.45, 2.75) is 51.6 Å². The summed E-state index contributed by atoms with van der Waals surface area (Å²) in [7, 11) is 2.15. The van der Waals surface area contributed by atoms with Crippen LogP contribution < -0.4 is 15.7 Å². The number of hydrogen-bond donors (Lipinski definition) is 1. The second-order valence-electron chi connectivity index (χ2n) is 9.92. The second-order valence-corrected chi connectivity index (χ2v) is 10.9. The summed E-state index contributed by atoms with van der Waals surface area (Å²) in [6.45, 7) is 15.5. The fourth-order valence-electron chi connectivity index (χ4n) is 4.18. The fourth-order valence-corrected chi connectivity index (χ4v) is 5.30. The Morgan fingerprint density at radius 1 is 1.37 bits per heavy atom. The van der Waals surface area contributed by atoms with Crippen molar-refractivity contribution in [2.75, 3.05) is 58.7 Å². The van der Waals surface area contributed by atoms with Gasteiger partial charge in [0.1, 0.15) is 41.0 Å². The molecule has 3 heterocycles. The van der Waals surface area contributed by atoms with Gasteiger partial charge in [0.25, 0.3) is 0 Å². The van der Waals surface area contributed by atoms with Crippen LogP contribution in [0.15, 0.2) is 44.1 Å². The molecule has 0 aliphatic carbocycles. The molecule has 1 saturated heterocycles. The summed E-state index contributed by atoms with van der Waals surface area (Å²) in [5.41, 5.74) is -0.842. The van der Waals surface area contributed by atoms with E-state index in [0.717, 1.165) is 45.6 Å². The number of nitrogens with one attached hydrogen (secondary N) is 1. The quantitative estimate of drug-likeness (QED) is 0.164. The molecule has 1 N–H and O–H groups in total. The third-order valence-corrected chi connectivity index (χ3v) is 7.87. The molecular weight excluding hydrogens is 506 g/mol. The minimum atomic E-state index is -0.971. The molecule has 0 aromatic carbocycles. The number of aliphatic imine (C=N–C) groups is 1. The molecule has 10 nitrogen and oxygen atoms in total. The Labute approximate surface area is 229 Å². The van der Waals surface area contributed by atoms with Crippen molar-refractivity contribution in [3.8, 4) is 5.75 Å². The summed E-state index contributed by atoms with van der Waals surface area (Å²) in [4.78, 5) is 40.5. The zero-order valence-electron chi connectivity index (χ0n) is 23.0. The van der Waals surface area contributed by atoms with Crippen LogP contribution in [0.2, 0.25) is 0 Å². The van der Waals surface area contributed by atoms with Gasteiger partial charge >= 0.3 is 5.63 Å². The summed E-state index contributed by atoms with van der Waals surface area (Å²) in [6, 6.07) is 2.44. The van der Waals surface area contributed by atoms with Gasteiger partial charge in [-0.1, -0.05) is 31.2 Å². The highest BCUT2D eigenvalue weighted by Crippen LogP contribution is 2.30. The van der Waals surface area contributed by atoms with Crippen molar-refractivity contribution < 1.29 is 18.8 Å². The molecule has 0 radical (unpaired) electrons. The van der Waals surface area contributed by atoms with E-state index in [0.29, 0.717) is 41.0 Å². The first kappa shape index (κ1) is 29.9. The average Bonchev–Trinajstić information content (AvgIpc) is 3.31. The minimum absolute atomic E-state index is 0.237. The standard InChI is InChI=1S/C27H41N5O5S/c1-6-9-22(23-17-21(35-15-7-2)18-24(33)37-23)28-26(34)27(4)19-38-25(29-27)20(3)30-36-16-8-10-32-13-11-31(5)12-14-32/h7,17-18,22H,2,6,8-16,19H2,1,3-5H3,(H,28,34)/t22-,27?/m1/s1. The van der Waals surface area contributed by atoms with Crippen LogP contribution >= 0.6 is 11.8 Å². The van der Waals surface area contributed by atoms with Crippen molar-refractivity contribution in [1.29, 1.82) is 0 Å². The number of oxime groups is 1. The maximum Gasteiger partial charge on any atom is 0.339 e. The second kappa shape index (κ2) is 14.5. The predicted octanol–water partition coefficient (Wildman–Crippen LogP) is 3.10. The summed E-state index contributed by atoms with van der Waals surface area (Å²) < 4.78 is 10.9. The number of thioether (sulfide) groups is 1. The van der Waals surface area contributed by atoms with Crippen molar-refractivity contribution in [3.05, 3.63) is 41.0 Å². The number of carbonyl (C=O) groups excluding carboxylic acids is 1. The molecule has 0 spiro atoms. The monoisotopic (exact) mass is 547 g/mol. The highest BCUT2D eigenvalue weighted by atomic mass is 32.2. The topological polar surface area (TPSA) is 109 Å². The minimum Gasteiger partial charge on any atom is -0.489 e. The van der Waals surface area contributed by atoms with Gasteiger partial charge in [0, 0.05) is 44.5 Å². The lowest BCUT2D eigenvalue weighted by Crippen LogP contribution is -2.45. The molecule has 2 aliphatic heterocycles. The molecule has 1 unspecified atom stereocenters. The lowest BCUT2D eigenvalue weighted by molar-refractivity contribution is -0.125. The SMILES string of the molecule is C=CCOc1cc([C@@H](CCC)NC(=O)C2(C)CSC(C(C)=NOCCCN3CCN(C)CC3)=N2)oc(=O)c1. The van der Waals surface area contributed by atoms with Crippen LogP contribution in [0.1, 0.15) is 51.8 Å². The summed E-state index contributed by atoms with van der Waals surface area (Å²) in [5.74, 6) is 0.979. The van der Waals surface area contributed by atoms with Crippen LogP contribution in [0.25, 0.3) is 0 Å². The van der Waals surface area contributed by atoms with E-state index in [-0.39, 0.29) is 12.5 Å². The lowest BCUT2D eigenvalue weighted by Gasteiger charge is -2.32. The maximum absolute atomic E-state index is 13.3. The van der Waals surface area contributed by atoms with Crippen molar-refractivity contribution in [3.63, 3.8) is 0 Å². The fraction of sp³-hybridized carbons (Fsp3) is 0.630. The molecule has 0 saturated carbocycles. The van der Waals surface area contributed by atoms with Gasteiger partial charge in [-0.15, -0.1) is 11.8 Å². The highest BCUT2D eigenvalue weighted by Gasteiger charge is 2.40. The van der Waals surface area contributed by atoms with E-state index < -0.39 is 17.2 Å². The normalized spacial score (nSPS) is 21.6. The number of likely N-dealkylation sites (N-methyl/N-ethyl adjacent to an activating group) is 1. The molecule has 210 valence electrons. The molecular formula is C27H41N5O5S. The molecule has 1 aromatic rings. The number of ether oxygens (including phenoxy) is 1. The van der Waals surface area contributed by atoms with Crippen molar-refractivity contribution >= 4 is 28.4 Å². The van der Waals surface area contributed by atoms with Crippen molar-refractivity contribution in [2.24, 2.45) is 10.1 Å². The molecule has 2 atom stereocenters. The van der Waals surface area contributed by atoms with Gasteiger partial charge in [-0.05, 0) is 33.7 Å². The van der Waals surface area contributed by atoms with E-state index in [2.05, 4.69) is 33.9 Å². The molecule has 2 aliphatic rings. The maximum atomic E-state index is 13.3. The Morgan fingerprint density at radius 3 is 2.84 bits per heavy atom. The molecule has 1 aromatic heterocycles. The van der Waals surface area contributed by atoms with E-state index >= 15 is 0 Å². The van der Waals surface area contributed by atoms with E-state index in [1.807, 2.05) is 13.8 Å². The Balaban J connectivity index is 1.56. The van der Waals surface area contributed by atoms with Gasteiger partial charge in [-0.3, -0.25) is 9.79 Å². The Kier molecular flexibility index (Phi) is 11.4. The van der Waals surface area contributed by atoms with E-state index in [1.165, 1.54) is 17.8 Å². The average molecular weight is 548 g/mol. The molecule has 3 rings (SSSR count). The summed E-state index contributed by atoms with van der Waals surface area (Å²) in [5, 5.41) is 7.97.